The van der Waals surface area contributed by atoms with Gasteiger partial charge in [-0.1, -0.05) is 6.07 Å². The first-order valence-electron chi connectivity index (χ1n) is 4.63. The van der Waals surface area contributed by atoms with Gasteiger partial charge in [0, 0.05) is 5.38 Å². The van der Waals surface area contributed by atoms with Gasteiger partial charge in [0.05, 0.1) is 23.4 Å². The Hall–Kier alpha value is -1.42. The number of nitrogens with zero attached hydrogens (tertiary/aromatic N) is 1. The van der Waals surface area contributed by atoms with Gasteiger partial charge in [0.1, 0.15) is 5.82 Å². The van der Waals surface area contributed by atoms with Crippen molar-refractivity contribution in [3.05, 3.63) is 46.2 Å². The second kappa shape index (κ2) is 4.40. The molecule has 0 atom stereocenters. The Balaban J connectivity index is 2.07. The number of anilines is 1. The van der Waals surface area contributed by atoms with Gasteiger partial charge >= 0.3 is 0 Å². The second-order valence-corrected chi connectivity index (χ2v) is 4.04. The monoisotopic (exact) mass is 222 g/mol. The minimum Gasteiger partial charge on any atom is -0.377 e. The van der Waals surface area contributed by atoms with Crippen LogP contribution in [0.5, 0.6) is 0 Å². The Morgan fingerprint density at radius 3 is 3.07 bits per heavy atom. The van der Waals surface area contributed by atoms with Crippen molar-refractivity contribution in [1.29, 1.82) is 0 Å². The maximum Gasteiger partial charge on any atom is 0.146 e. The summed E-state index contributed by atoms with van der Waals surface area (Å²) >= 11 is 1.54. The first-order chi connectivity index (χ1) is 7.25. The van der Waals surface area contributed by atoms with Crippen molar-refractivity contribution in [2.75, 3.05) is 5.32 Å². The quantitative estimate of drug-likeness (QED) is 0.862. The van der Waals surface area contributed by atoms with Gasteiger partial charge in [0.2, 0.25) is 0 Å². The second-order valence-electron chi connectivity index (χ2n) is 3.32. The van der Waals surface area contributed by atoms with Gasteiger partial charge in [0.25, 0.3) is 0 Å². The average Bonchev–Trinajstić information content (AvgIpc) is 2.72. The van der Waals surface area contributed by atoms with E-state index < -0.39 is 0 Å². The molecule has 1 N–H and O–H groups in total. The van der Waals surface area contributed by atoms with Crippen LogP contribution in [0, 0.1) is 12.7 Å². The molecule has 0 radical (unpaired) electrons. The zero-order valence-corrected chi connectivity index (χ0v) is 9.14. The molecule has 0 saturated heterocycles. The summed E-state index contributed by atoms with van der Waals surface area (Å²) in [5.41, 5.74) is 4.27. The van der Waals surface area contributed by atoms with Crippen molar-refractivity contribution in [3.63, 3.8) is 0 Å². The molecule has 1 aromatic carbocycles. The number of aryl methyl sites for hydroxylation is 1. The minimum atomic E-state index is -0.226. The van der Waals surface area contributed by atoms with Crippen molar-refractivity contribution in [2.24, 2.45) is 0 Å². The van der Waals surface area contributed by atoms with Crippen LogP contribution in [0.1, 0.15) is 11.3 Å². The van der Waals surface area contributed by atoms with E-state index in [1.165, 1.54) is 17.4 Å². The molecular formula is C11H11FN2S. The molecule has 15 heavy (non-hydrogen) atoms. The standard InChI is InChI=1S/C11H11FN2S/c1-8-2-3-10(12)11(4-8)13-5-9-6-15-7-14-9/h2-4,6-7,13H,5H2,1H3. The largest absolute Gasteiger partial charge is 0.377 e. The Morgan fingerprint density at radius 1 is 1.47 bits per heavy atom. The van der Waals surface area contributed by atoms with E-state index >= 15 is 0 Å². The molecule has 78 valence electrons. The van der Waals surface area contributed by atoms with E-state index in [4.69, 9.17) is 0 Å². The zero-order valence-electron chi connectivity index (χ0n) is 8.33. The lowest BCUT2D eigenvalue weighted by Crippen LogP contribution is -2.01. The lowest BCUT2D eigenvalue weighted by atomic mass is 10.2. The topological polar surface area (TPSA) is 24.9 Å². The number of halogens is 1. The average molecular weight is 222 g/mol. The van der Waals surface area contributed by atoms with Gasteiger partial charge in [-0.3, -0.25) is 0 Å². The molecule has 0 aliphatic heterocycles. The maximum absolute atomic E-state index is 13.3. The molecule has 0 aliphatic rings. The number of hydrogen-bond donors (Lipinski definition) is 1. The molecule has 0 bridgehead atoms. The zero-order chi connectivity index (χ0) is 10.7. The fraction of sp³-hybridized carbons (Fsp3) is 0.182. The summed E-state index contributed by atoms with van der Waals surface area (Å²) in [6.45, 7) is 2.50. The Bertz CT molecular complexity index is 440. The molecule has 0 aliphatic carbocycles. The molecule has 2 aromatic rings. The number of nitrogens with one attached hydrogen (secondary N) is 1. The number of benzene rings is 1. The summed E-state index contributed by atoms with van der Waals surface area (Å²) in [5, 5.41) is 4.97. The van der Waals surface area contributed by atoms with E-state index in [0.717, 1.165) is 11.3 Å². The van der Waals surface area contributed by atoms with Crippen molar-refractivity contribution in [2.45, 2.75) is 13.5 Å². The highest BCUT2D eigenvalue weighted by Gasteiger charge is 2.02. The third-order valence-electron chi connectivity index (χ3n) is 2.07. The van der Waals surface area contributed by atoms with Crippen LogP contribution in [0.3, 0.4) is 0 Å². The number of aromatic nitrogens is 1. The summed E-state index contributed by atoms with van der Waals surface area (Å²) in [7, 11) is 0. The van der Waals surface area contributed by atoms with Crippen LogP contribution < -0.4 is 5.32 Å². The summed E-state index contributed by atoms with van der Waals surface area (Å²) in [6.07, 6.45) is 0. The van der Waals surface area contributed by atoms with E-state index in [9.17, 15) is 4.39 Å². The fourth-order valence-electron chi connectivity index (χ4n) is 1.29. The summed E-state index contributed by atoms with van der Waals surface area (Å²) in [4.78, 5) is 4.12. The first-order valence-corrected chi connectivity index (χ1v) is 5.57. The van der Waals surface area contributed by atoms with Crippen LogP contribution in [0.25, 0.3) is 0 Å². The van der Waals surface area contributed by atoms with E-state index in [1.54, 1.807) is 17.6 Å². The third-order valence-corrected chi connectivity index (χ3v) is 2.70. The summed E-state index contributed by atoms with van der Waals surface area (Å²) in [5.74, 6) is -0.226. The lowest BCUT2D eigenvalue weighted by Gasteiger charge is -2.06. The molecular weight excluding hydrogens is 211 g/mol. The molecule has 0 spiro atoms. The molecule has 0 unspecified atom stereocenters. The van der Waals surface area contributed by atoms with Crippen molar-refractivity contribution in [1.82, 2.24) is 4.98 Å². The Labute approximate surface area is 91.8 Å². The minimum absolute atomic E-state index is 0.226. The molecule has 2 nitrogen and oxygen atoms in total. The van der Waals surface area contributed by atoms with Crippen molar-refractivity contribution in [3.8, 4) is 0 Å². The van der Waals surface area contributed by atoms with Crippen LogP contribution in [0.2, 0.25) is 0 Å². The lowest BCUT2D eigenvalue weighted by molar-refractivity contribution is 0.629. The fourth-order valence-corrected chi connectivity index (χ4v) is 1.84. The molecule has 0 amide bonds. The van der Waals surface area contributed by atoms with E-state index in [2.05, 4.69) is 10.3 Å². The predicted octanol–water partition coefficient (Wildman–Crippen LogP) is 3.20. The van der Waals surface area contributed by atoms with Gasteiger partial charge in [0.15, 0.2) is 0 Å². The summed E-state index contributed by atoms with van der Waals surface area (Å²) in [6, 6.07) is 5.02. The highest BCUT2D eigenvalue weighted by Crippen LogP contribution is 2.16. The van der Waals surface area contributed by atoms with Gasteiger partial charge < -0.3 is 5.32 Å². The van der Waals surface area contributed by atoms with Crippen molar-refractivity contribution < 1.29 is 4.39 Å². The summed E-state index contributed by atoms with van der Waals surface area (Å²) < 4.78 is 13.3. The van der Waals surface area contributed by atoms with Gasteiger partial charge in [-0.15, -0.1) is 11.3 Å². The SMILES string of the molecule is Cc1ccc(F)c(NCc2cscn2)c1. The van der Waals surface area contributed by atoms with Crippen LogP contribution in [0.15, 0.2) is 29.1 Å². The maximum atomic E-state index is 13.3. The molecule has 2 rings (SSSR count). The van der Waals surface area contributed by atoms with Crippen LogP contribution >= 0.6 is 11.3 Å². The van der Waals surface area contributed by atoms with Crippen molar-refractivity contribution >= 4 is 17.0 Å². The normalized spacial score (nSPS) is 10.3. The molecule has 1 heterocycles. The van der Waals surface area contributed by atoms with E-state index in [1.807, 2.05) is 12.3 Å². The van der Waals surface area contributed by atoms with E-state index in [0.29, 0.717) is 12.2 Å². The number of thiazole rings is 1. The highest BCUT2D eigenvalue weighted by atomic mass is 32.1. The van der Waals surface area contributed by atoms with Gasteiger partial charge in [-0.25, -0.2) is 9.37 Å². The molecule has 1 aromatic heterocycles. The molecule has 0 fully saturated rings. The third kappa shape index (κ3) is 2.53. The number of rotatable bonds is 3. The molecule has 0 saturated carbocycles. The van der Waals surface area contributed by atoms with Crippen LogP contribution in [-0.2, 0) is 6.54 Å². The Morgan fingerprint density at radius 2 is 2.33 bits per heavy atom. The molecule has 4 heteroatoms. The van der Waals surface area contributed by atoms with Crippen LogP contribution in [0.4, 0.5) is 10.1 Å². The smallest absolute Gasteiger partial charge is 0.146 e. The Kier molecular flexibility index (Phi) is 2.97. The van der Waals surface area contributed by atoms with Crippen LogP contribution in [-0.4, -0.2) is 4.98 Å². The highest BCUT2D eigenvalue weighted by molar-refractivity contribution is 7.07. The van der Waals surface area contributed by atoms with Gasteiger partial charge in [-0.05, 0) is 24.6 Å². The van der Waals surface area contributed by atoms with E-state index in [-0.39, 0.29) is 5.82 Å². The van der Waals surface area contributed by atoms with Gasteiger partial charge in [-0.2, -0.15) is 0 Å². The first kappa shape index (κ1) is 10.1. The predicted molar refractivity (Wildman–Crippen MR) is 60.6 cm³/mol. The number of hydrogen-bond acceptors (Lipinski definition) is 3.